The van der Waals surface area contributed by atoms with Crippen molar-refractivity contribution in [3.05, 3.63) is 122 Å². The van der Waals surface area contributed by atoms with E-state index in [0.29, 0.717) is 6.42 Å². The summed E-state index contributed by atoms with van der Waals surface area (Å²) in [7, 11) is 0. The van der Waals surface area contributed by atoms with Crippen molar-refractivity contribution in [1.82, 2.24) is 5.32 Å². The van der Waals surface area contributed by atoms with Gasteiger partial charge in [-0.25, -0.2) is 0 Å². The van der Waals surface area contributed by atoms with Crippen LogP contribution < -0.4 is 5.32 Å². The molecule has 1 saturated heterocycles. The number of aliphatic hydroxyl groups excluding tert-OH is 5. The fourth-order valence-corrected chi connectivity index (χ4v) is 6.85. The molecule has 9 heteroatoms. The van der Waals surface area contributed by atoms with E-state index in [1.807, 2.05) is 6.08 Å². The van der Waals surface area contributed by atoms with Gasteiger partial charge in [-0.3, -0.25) is 4.79 Å². The van der Waals surface area contributed by atoms with Crippen molar-refractivity contribution >= 4 is 5.91 Å². The zero-order valence-electron chi connectivity index (χ0n) is 39.7. The highest BCUT2D eigenvalue weighted by molar-refractivity contribution is 5.76. The summed E-state index contributed by atoms with van der Waals surface area (Å²) in [5.41, 5.74) is 0. The summed E-state index contributed by atoms with van der Waals surface area (Å²) in [5, 5.41) is 54.0. The first-order valence-corrected chi connectivity index (χ1v) is 24.8. The predicted octanol–water partition coefficient (Wildman–Crippen LogP) is 11.2. The Kier molecular flexibility index (Phi) is 39.8. The Morgan fingerprint density at radius 1 is 0.547 bits per heavy atom. The molecule has 0 aromatic heterocycles. The first-order chi connectivity index (χ1) is 31.3. The molecule has 0 bridgehead atoms. The van der Waals surface area contributed by atoms with Crippen molar-refractivity contribution in [2.75, 3.05) is 13.2 Å². The highest BCUT2D eigenvalue weighted by Gasteiger charge is 2.44. The van der Waals surface area contributed by atoms with E-state index in [1.165, 1.54) is 25.7 Å². The van der Waals surface area contributed by atoms with Crippen molar-refractivity contribution in [2.24, 2.45) is 0 Å². The second-order valence-electron chi connectivity index (χ2n) is 16.5. The van der Waals surface area contributed by atoms with Gasteiger partial charge in [-0.05, 0) is 89.9 Å². The van der Waals surface area contributed by atoms with E-state index in [9.17, 15) is 30.3 Å². The molecule has 1 aliphatic rings. The zero-order chi connectivity index (χ0) is 46.6. The van der Waals surface area contributed by atoms with Gasteiger partial charge in [-0.1, -0.05) is 187 Å². The summed E-state index contributed by atoms with van der Waals surface area (Å²) in [6.45, 7) is 3.57. The van der Waals surface area contributed by atoms with Gasteiger partial charge >= 0.3 is 0 Å². The summed E-state index contributed by atoms with van der Waals surface area (Å²) in [6.07, 6.45) is 58.4. The maximum absolute atomic E-state index is 12.9. The molecule has 1 aliphatic heterocycles. The van der Waals surface area contributed by atoms with Crippen molar-refractivity contribution in [1.29, 1.82) is 0 Å². The summed E-state index contributed by atoms with van der Waals surface area (Å²) in [6, 6.07) is -0.821. The van der Waals surface area contributed by atoms with Gasteiger partial charge in [-0.2, -0.15) is 0 Å². The second kappa shape index (κ2) is 43.5. The number of ether oxygens (including phenoxy) is 2. The molecule has 0 aromatic rings. The van der Waals surface area contributed by atoms with Crippen LogP contribution in [0, 0.1) is 0 Å². The Balaban J connectivity index is 2.21. The van der Waals surface area contributed by atoms with Crippen LogP contribution in [0.25, 0.3) is 0 Å². The first-order valence-electron chi connectivity index (χ1n) is 24.8. The van der Waals surface area contributed by atoms with Gasteiger partial charge in [0, 0.05) is 6.42 Å². The van der Waals surface area contributed by atoms with Gasteiger partial charge < -0.3 is 40.3 Å². The number of unbranched alkanes of at least 4 members (excludes halogenated alkanes) is 11. The maximum Gasteiger partial charge on any atom is 0.220 e. The summed E-state index contributed by atoms with van der Waals surface area (Å²) in [4.78, 5) is 12.9. The Morgan fingerprint density at radius 2 is 0.969 bits per heavy atom. The third-order valence-electron chi connectivity index (χ3n) is 10.8. The van der Waals surface area contributed by atoms with Crippen LogP contribution in [-0.4, -0.2) is 87.5 Å². The molecule has 0 spiro atoms. The van der Waals surface area contributed by atoms with E-state index >= 15 is 0 Å². The van der Waals surface area contributed by atoms with Crippen LogP contribution in [0.4, 0.5) is 0 Å². The molecule has 0 aromatic carbocycles. The number of hydrogen-bond acceptors (Lipinski definition) is 8. The van der Waals surface area contributed by atoms with E-state index in [0.717, 1.165) is 116 Å². The van der Waals surface area contributed by atoms with Crippen molar-refractivity contribution < 1.29 is 39.8 Å². The second-order valence-corrected chi connectivity index (χ2v) is 16.5. The van der Waals surface area contributed by atoms with E-state index in [-0.39, 0.29) is 12.5 Å². The SMILES string of the molecule is CC/C=C\C/C=C\C/C=C\C/C=C\C/C=C\C/C=C\C/C=C\C/C=C\C/C=C\CCCCCCCC(=O)NC(COC1OC(CO)C(O)C(O)C1O)C(O)/C=C/CCCCCCCC. The van der Waals surface area contributed by atoms with Gasteiger partial charge in [0.15, 0.2) is 6.29 Å². The molecule has 0 saturated carbocycles. The van der Waals surface area contributed by atoms with Crippen LogP contribution in [0.15, 0.2) is 122 Å². The maximum atomic E-state index is 12.9. The molecule has 1 fully saturated rings. The van der Waals surface area contributed by atoms with Crippen LogP contribution in [0.1, 0.15) is 162 Å². The molecule has 0 radical (unpaired) electrons. The number of aliphatic hydroxyl groups is 5. The Morgan fingerprint density at radius 3 is 1.44 bits per heavy atom. The minimum atomic E-state index is -1.58. The molecule has 362 valence electrons. The zero-order valence-corrected chi connectivity index (χ0v) is 39.7. The van der Waals surface area contributed by atoms with Crippen LogP contribution in [0.5, 0.6) is 0 Å². The first kappa shape index (κ1) is 58.6. The molecule has 0 aliphatic carbocycles. The summed E-state index contributed by atoms with van der Waals surface area (Å²) in [5.74, 6) is -0.206. The lowest BCUT2D eigenvalue weighted by molar-refractivity contribution is -0.302. The number of rotatable bonds is 39. The van der Waals surface area contributed by atoms with Gasteiger partial charge in [0.05, 0.1) is 25.4 Å². The summed E-state index contributed by atoms with van der Waals surface area (Å²) >= 11 is 0. The minimum absolute atomic E-state index is 0.205. The smallest absolute Gasteiger partial charge is 0.220 e. The molecule has 7 unspecified atom stereocenters. The van der Waals surface area contributed by atoms with Gasteiger partial charge in [0.25, 0.3) is 0 Å². The van der Waals surface area contributed by atoms with Crippen molar-refractivity contribution in [2.45, 2.75) is 204 Å². The van der Waals surface area contributed by atoms with Gasteiger partial charge in [-0.15, -0.1) is 0 Å². The lowest BCUT2D eigenvalue weighted by Crippen LogP contribution is -2.60. The van der Waals surface area contributed by atoms with Crippen molar-refractivity contribution in [3.8, 4) is 0 Å². The molecule has 6 N–H and O–H groups in total. The van der Waals surface area contributed by atoms with Crippen LogP contribution >= 0.6 is 0 Å². The average Bonchev–Trinajstić information content (AvgIpc) is 3.29. The lowest BCUT2D eigenvalue weighted by Gasteiger charge is -2.40. The number of hydrogen-bond donors (Lipinski definition) is 6. The van der Waals surface area contributed by atoms with E-state index in [4.69, 9.17) is 9.47 Å². The Labute approximate surface area is 388 Å². The standard InChI is InChI=1S/C55H89NO8/c1-3-5-7-9-11-13-14-15-16-17-18-19-20-21-22-23-24-25-26-27-28-29-30-31-32-33-34-35-36-37-39-41-43-45-51(59)56-48(49(58)44-42-40-38-12-10-8-6-4-2)47-63-55-54(62)53(61)52(60)50(46-57)64-55/h5,7,11,13,15-16,18-19,21-22,24-25,27-28,30-31,33-34,42,44,48-50,52-55,57-58,60-62H,3-4,6,8-10,12,14,17,20,23,26,29,32,35-41,43,45-47H2,1-2H3,(H,56,59)/b7-5-,13-11-,16-15-,19-18-,22-21-,25-24-,28-27-,31-30-,34-33-,44-42+. The molecule has 1 amide bonds. The van der Waals surface area contributed by atoms with Crippen LogP contribution in [0.2, 0.25) is 0 Å². The average molecular weight is 892 g/mol. The largest absolute Gasteiger partial charge is 0.394 e. The van der Waals surface area contributed by atoms with E-state index < -0.39 is 49.5 Å². The van der Waals surface area contributed by atoms with Crippen molar-refractivity contribution in [3.63, 3.8) is 0 Å². The van der Waals surface area contributed by atoms with Crippen LogP contribution in [0.3, 0.4) is 0 Å². The van der Waals surface area contributed by atoms with E-state index in [2.05, 4.69) is 129 Å². The normalized spacial score (nSPS) is 21.1. The quantitative estimate of drug-likeness (QED) is 0.0264. The van der Waals surface area contributed by atoms with E-state index in [1.54, 1.807) is 6.08 Å². The molecular formula is C55H89NO8. The third-order valence-corrected chi connectivity index (χ3v) is 10.8. The van der Waals surface area contributed by atoms with Gasteiger partial charge in [0.1, 0.15) is 24.4 Å². The number of carbonyl (C=O) groups is 1. The predicted molar refractivity (Wildman–Crippen MR) is 267 cm³/mol. The number of allylic oxidation sites excluding steroid dienone is 19. The molecule has 1 rings (SSSR count). The fourth-order valence-electron chi connectivity index (χ4n) is 6.85. The molecule has 1 heterocycles. The highest BCUT2D eigenvalue weighted by Crippen LogP contribution is 2.22. The molecule has 7 atom stereocenters. The Bertz CT molecular complexity index is 1410. The molecular weight excluding hydrogens is 803 g/mol. The molecule has 64 heavy (non-hydrogen) atoms. The number of nitrogens with one attached hydrogen (secondary N) is 1. The van der Waals surface area contributed by atoms with Gasteiger partial charge in [0.2, 0.25) is 5.91 Å². The lowest BCUT2D eigenvalue weighted by atomic mass is 9.99. The third kappa shape index (κ3) is 33.1. The fraction of sp³-hybridized carbons (Fsp3) is 0.618. The number of amides is 1. The topological polar surface area (TPSA) is 149 Å². The Hall–Kier alpha value is -3.41. The van der Waals surface area contributed by atoms with Crippen LogP contribution in [-0.2, 0) is 14.3 Å². The molecule has 9 nitrogen and oxygen atoms in total. The summed E-state index contributed by atoms with van der Waals surface area (Å²) < 4.78 is 11.2. The monoisotopic (exact) mass is 892 g/mol. The minimum Gasteiger partial charge on any atom is -0.394 e. The highest BCUT2D eigenvalue weighted by atomic mass is 16.7. The number of carbonyl (C=O) groups excluding carboxylic acids is 1.